The highest BCUT2D eigenvalue weighted by atomic mass is 32.2. The molecule has 0 aliphatic heterocycles. The Morgan fingerprint density at radius 3 is 2.46 bits per heavy atom. The average Bonchev–Trinajstić information content (AvgIpc) is 2.00. The summed E-state index contributed by atoms with van der Waals surface area (Å²) in [4.78, 5) is 0. The van der Waals surface area contributed by atoms with Crippen molar-refractivity contribution >= 4 is 11.8 Å². The second-order valence-electron chi connectivity index (χ2n) is 2.88. The van der Waals surface area contributed by atoms with Gasteiger partial charge in [0.25, 0.3) is 0 Å². The molecular weight excluding hydrogens is 201 g/mol. The van der Waals surface area contributed by atoms with Gasteiger partial charge in [0.2, 0.25) is 0 Å². The van der Waals surface area contributed by atoms with E-state index in [1.54, 1.807) is 0 Å². The van der Waals surface area contributed by atoms with Crippen LogP contribution in [0.25, 0.3) is 0 Å². The van der Waals surface area contributed by atoms with Crippen LogP contribution in [0.3, 0.4) is 0 Å². The van der Waals surface area contributed by atoms with E-state index in [1.807, 2.05) is 6.92 Å². The Morgan fingerprint density at radius 1 is 1.38 bits per heavy atom. The van der Waals surface area contributed by atoms with Gasteiger partial charge in [0, 0.05) is 12.2 Å². The number of thioether (sulfide) groups is 1. The molecule has 0 aliphatic rings. The fourth-order valence-electron chi connectivity index (χ4n) is 0.777. The lowest BCUT2D eigenvalue weighted by Gasteiger charge is -2.11. The molecule has 0 bridgehead atoms. The van der Waals surface area contributed by atoms with Crippen molar-refractivity contribution < 1.29 is 18.3 Å². The van der Waals surface area contributed by atoms with Gasteiger partial charge in [-0.25, -0.2) is 0 Å². The molecule has 1 unspecified atom stereocenters. The fourth-order valence-corrected chi connectivity index (χ4v) is 1.67. The minimum Gasteiger partial charge on any atom is -0.392 e. The lowest BCUT2D eigenvalue weighted by atomic mass is 10.2. The Hall–Kier alpha value is 0.100. The predicted octanol–water partition coefficient (Wildman–Crippen LogP) is 2.83. The summed E-state index contributed by atoms with van der Waals surface area (Å²) in [6.45, 7) is 2.00. The molecule has 13 heavy (non-hydrogen) atoms. The van der Waals surface area contributed by atoms with Gasteiger partial charge in [0.1, 0.15) is 0 Å². The molecule has 0 spiro atoms. The van der Waals surface area contributed by atoms with E-state index in [4.69, 9.17) is 5.11 Å². The highest BCUT2D eigenvalue weighted by Gasteiger charge is 2.27. The van der Waals surface area contributed by atoms with E-state index in [9.17, 15) is 13.2 Å². The first-order chi connectivity index (χ1) is 5.95. The summed E-state index contributed by atoms with van der Waals surface area (Å²) in [7, 11) is 0. The molecule has 0 aromatic carbocycles. The number of rotatable bonds is 6. The fraction of sp³-hybridized carbons (Fsp3) is 1.00. The van der Waals surface area contributed by atoms with Crippen molar-refractivity contribution in [2.75, 3.05) is 11.5 Å². The Morgan fingerprint density at radius 2 is 2.00 bits per heavy atom. The molecular formula is C8H15F3OS. The topological polar surface area (TPSA) is 20.2 Å². The molecule has 1 N–H and O–H groups in total. The summed E-state index contributed by atoms with van der Waals surface area (Å²) >= 11 is 1.49. The summed E-state index contributed by atoms with van der Waals surface area (Å²) < 4.78 is 35.1. The van der Waals surface area contributed by atoms with Crippen molar-refractivity contribution in [1.29, 1.82) is 0 Å². The van der Waals surface area contributed by atoms with Crippen LogP contribution in [0.5, 0.6) is 0 Å². The minimum atomic E-state index is -4.14. The predicted molar refractivity (Wildman–Crippen MR) is 48.9 cm³/mol. The second-order valence-corrected chi connectivity index (χ2v) is 4.03. The second kappa shape index (κ2) is 6.54. The van der Waals surface area contributed by atoms with E-state index < -0.39 is 18.7 Å². The van der Waals surface area contributed by atoms with Crippen LogP contribution in [0, 0.1) is 0 Å². The number of hydrogen-bond donors (Lipinski definition) is 1. The molecule has 0 fully saturated rings. The molecule has 80 valence electrons. The van der Waals surface area contributed by atoms with Gasteiger partial charge in [-0.05, 0) is 18.6 Å². The number of hydrogen-bond acceptors (Lipinski definition) is 2. The van der Waals surface area contributed by atoms with Gasteiger partial charge in [-0.15, -0.1) is 0 Å². The zero-order valence-electron chi connectivity index (χ0n) is 7.60. The maximum absolute atomic E-state index is 11.7. The summed E-state index contributed by atoms with van der Waals surface area (Å²) in [6.07, 6.45) is -5.05. The van der Waals surface area contributed by atoms with E-state index in [0.29, 0.717) is 5.75 Å². The van der Waals surface area contributed by atoms with Crippen LogP contribution in [0.15, 0.2) is 0 Å². The van der Waals surface area contributed by atoms with Crippen molar-refractivity contribution in [1.82, 2.24) is 0 Å². The monoisotopic (exact) mass is 216 g/mol. The molecule has 0 radical (unpaired) electrons. The normalized spacial score (nSPS) is 14.5. The molecule has 0 aliphatic carbocycles. The summed E-state index contributed by atoms with van der Waals surface area (Å²) in [5, 5.41) is 9.12. The van der Waals surface area contributed by atoms with Crippen LogP contribution < -0.4 is 0 Å². The zero-order chi connectivity index (χ0) is 10.3. The van der Waals surface area contributed by atoms with E-state index in [0.717, 1.165) is 12.2 Å². The van der Waals surface area contributed by atoms with E-state index in [2.05, 4.69) is 0 Å². The maximum atomic E-state index is 11.7. The van der Waals surface area contributed by atoms with Gasteiger partial charge in [-0.3, -0.25) is 0 Å². The highest BCUT2D eigenvalue weighted by Crippen LogP contribution is 2.23. The van der Waals surface area contributed by atoms with Crippen molar-refractivity contribution in [3.8, 4) is 0 Å². The van der Waals surface area contributed by atoms with Gasteiger partial charge in [-0.2, -0.15) is 24.9 Å². The lowest BCUT2D eigenvalue weighted by molar-refractivity contribution is -0.139. The smallest absolute Gasteiger partial charge is 0.389 e. The van der Waals surface area contributed by atoms with Crippen LogP contribution in [0.1, 0.15) is 26.2 Å². The quantitative estimate of drug-likeness (QED) is 0.689. The standard InChI is InChI=1S/C8H15F3OS/c1-2-5-13-6-7(12)3-4-8(9,10)11/h7,12H,2-6H2,1H3. The highest BCUT2D eigenvalue weighted by molar-refractivity contribution is 7.99. The average molecular weight is 216 g/mol. The van der Waals surface area contributed by atoms with Crippen molar-refractivity contribution in [3.05, 3.63) is 0 Å². The summed E-state index contributed by atoms with van der Waals surface area (Å²) in [5.41, 5.74) is 0. The van der Waals surface area contributed by atoms with E-state index >= 15 is 0 Å². The molecule has 1 atom stereocenters. The minimum absolute atomic E-state index is 0.180. The maximum Gasteiger partial charge on any atom is 0.389 e. The summed E-state index contributed by atoms with van der Waals surface area (Å²) in [6, 6.07) is 0. The van der Waals surface area contributed by atoms with Crippen molar-refractivity contribution in [2.45, 2.75) is 38.5 Å². The largest absolute Gasteiger partial charge is 0.392 e. The molecule has 1 nitrogen and oxygen atoms in total. The Balaban J connectivity index is 3.35. The van der Waals surface area contributed by atoms with Gasteiger partial charge in [0.15, 0.2) is 0 Å². The zero-order valence-corrected chi connectivity index (χ0v) is 8.42. The number of alkyl halides is 3. The van der Waals surface area contributed by atoms with Gasteiger partial charge in [0.05, 0.1) is 6.10 Å². The SMILES string of the molecule is CCCSCC(O)CCC(F)(F)F. The Bertz CT molecular complexity index is 127. The van der Waals surface area contributed by atoms with Crippen LogP contribution in [-0.4, -0.2) is 28.9 Å². The van der Waals surface area contributed by atoms with Gasteiger partial charge in [-0.1, -0.05) is 6.92 Å². The molecule has 0 aromatic rings. The number of halogens is 3. The molecule has 0 saturated heterocycles. The molecule has 0 saturated carbocycles. The first-order valence-corrected chi connectivity index (χ1v) is 5.43. The van der Waals surface area contributed by atoms with Crippen molar-refractivity contribution in [3.63, 3.8) is 0 Å². The van der Waals surface area contributed by atoms with Crippen LogP contribution >= 0.6 is 11.8 Å². The van der Waals surface area contributed by atoms with Gasteiger partial charge >= 0.3 is 6.18 Å². The van der Waals surface area contributed by atoms with Crippen LogP contribution in [0.2, 0.25) is 0 Å². The third-order valence-electron chi connectivity index (χ3n) is 1.42. The van der Waals surface area contributed by atoms with E-state index in [-0.39, 0.29) is 6.42 Å². The third kappa shape index (κ3) is 10.0. The first kappa shape index (κ1) is 13.1. The van der Waals surface area contributed by atoms with Gasteiger partial charge < -0.3 is 5.11 Å². The molecule has 5 heteroatoms. The van der Waals surface area contributed by atoms with Crippen molar-refractivity contribution in [2.24, 2.45) is 0 Å². The number of aliphatic hydroxyl groups is 1. The third-order valence-corrected chi connectivity index (χ3v) is 2.74. The summed E-state index contributed by atoms with van der Waals surface area (Å²) in [5.74, 6) is 1.30. The number of aliphatic hydroxyl groups excluding tert-OH is 1. The molecule has 0 rings (SSSR count). The molecule has 0 amide bonds. The van der Waals surface area contributed by atoms with Crippen LogP contribution in [-0.2, 0) is 0 Å². The molecule has 0 aromatic heterocycles. The first-order valence-electron chi connectivity index (χ1n) is 4.28. The lowest BCUT2D eigenvalue weighted by Crippen LogP contribution is -2.16. The van der Waals surface area contributed by atoms with Crippen LogP contribution in [0.4, 0.5) is 13.2 Å². The Labute approximate surface area is 80.7 Å². The molecule has 0 heterocycles. The Kier molecular flexibility index (Phi) is 6.59. The van der Waals surface area contributed by atoms with E-state index in [1.165, 1.54) is 11.8 Å².